The summed E-state index contributed by atoms with van der Waals surface area (Å²) in [5.41, 5.74) is 0.403. The van der Waals surface area contributed by atoms with Crippen molar-refractivity contribution in [2.45, 2.75) is 58.2 Å². The molecule has 1 N–H and O–H groups in total. The third-order valence-electron chi connectivity index (χ3n) is 4.76. The van der Waals surface area contributed by atoms with Crippen LogP contribution in [0.2, 0.25) is 0 Å². The van der Waals surface area contributed by atoms with E-state index in [-0.39, 0.29) is 6.10 Å². The van der Waals surface area contributed by atoms with Gasteiger partial charge >= 0.3 is 0 Å². The van der Waals surface area contributed by atoms with Crippen LogP contribution in [0.1, 0.15) is 46.0 Å². The van der Waals surface area contributed by atoms with Crippen molar-refractivity contribution in [2.24, 2.45) is 11.3 Å². The van der Waals surface area contributed by atoms with Crippen LogP contribution in [0, 0.1) is 11.3 Å². The highest BCUT2D eigenvalue weighted by Crippen LogP contribution is 2.39. The van der Waals surface area contributed by atoms with Crippen LogP contribution in [0.25, 0.3) is 0 Å². The average Bonchev–Trinajstić information content (AvgIpc) is 2.34. The number of methoxy groups -OCH3 is 1. The molecule has 3 unspecified atom stereocenters. The number of aliphatic hydroxyl groups excluding tert-OH is 1. The van der Waals surface area contributed by atoms with Gasteiger partial charge in [-0.3, -0.25) is 0 Å². The van der Waals surface area contributed by atoms with Gasteiger partial charge in [0.25, 0.3) is 0 Å². The molecule has 0 aromatic rings. The molecular formula is C15H29NO2. The summed E-state index contributed by atoms with van der Waals surface area (Å²) in [6, 6.07) is 0. The molecule has 3 atom stereocenters. The zero-order valence-electron chi connectivity index (χ0n) is 12.2. The van der Waals surface area contributed by atoms with Gasteiger partial charge in [-0.1, -0.05) is 13.8 Å². The van der Waals surface area contributed by atoms with Gasteiger partial charge in [0.15, 0.2) is 0 Å². The fourth-order valence-electron chi connectivity index (χ4n) is 3.61. The van der Waals surface area contributed by atoms with E-state index in [2.05, 4.69) is 18.7 Å². The van der Waals surface area contributed by atoms with Crippen LogP contribution < -0.4 is 0 Å². The SMILES string of the molecule is COC1CCCN(CC2CC(C)(C)CCC2O)C1. The van der Waals surface area contributed by atoms with Gasteiger partial charge in [-0.05, 0) is 50.0 Å². The molecule has 0 amide bonds. The van der Waals surface area contributed by atoms with Crippen LogP contribution in [-0.4, -0.2) is 49.0 Å². The van der Waals surface area contributed by atoms with Gasteiger partial charge < -0.3 is 14.7 Å². The van der Waals surface area contributed by atoms with Gasteiger partial charge in [-0.25, -0.2) is 0 Å². The number of ether oxygens (including phenoxy) is 1. The molecule has 0 radical (unpaired) electrons. The lowest BCUT2D eigenvalue weighted by atomic mass is 9.70. The molecule has 3 nitrogen and oxygen atoms in total. The summed E-state index contributed by atoms with van der Waals surface area (Å²) < 4.78 is 5.47. The highest BCUT2D eigenvalue weighted by Gasteiger charge is 2.35. The maximum atomic E-state index is 10.2. The Morgan fingerprint density at radius 1 is 1.33 bits per heavy atom. The van der Waals surface area contributed by atoms with E-state index in [9.17, 15) is 5.11 Å². The normalized spacial score (nSPS) is 37.7. The average molecular weight is 255 g/mol. The Labute approximate surface area is 112 Å². The number of hydrogen-bond donors (Lipinski definition) is 1. The van der Waals surface area contributed by atoms with Crippen LogP contribution in [0.3, 0.4) is 0 Å². The van der Waals surface area contributed by atoms with Crippen molar-refractivity contribution in [3.05, 3.63) is 0 Å². The molecule has 3 heteroatoms. The predicted molar refractivity (Wildman–Crippen MR) is 73.6 cm³/mol. The van der Waals surface area contributed by atoms with Crippen molar-refractivity contribution < 1.29 is 9.84 Å². The van der Waals surface area contributed by atoms with E-state index in [0.717, 1.165) is 32.4 Å². The van der Waals surface area contributed by atoms with E-state index in [1.165, 1.54) is 19.4 Å². The second-order valence-electron chi connectivity index (χ2n) is 6.99. The molecule has 1 saturated heterocycles. The number of likely N-dealkylation sites (tertiary alicyclic amines) is 1. The number of nitrogens with zero attached hydrogens (tertiary/aromatic N) is 1. The van der Waals surface area contributed by atoms with Gasteiger partial charge in [0.05, 0.1) is 12.2 Å². The first kappa shape index (κ1) is 14.3. The second kappa shape index (κ2) is 5.89. The smallest absolute Gasteiger partial charge is 0.0698 e. The maximum Gasteiger partial charge on any atom is 0.0698 e. The third kappa shape index (κ3) is 3.69. The molecule has 1 aliphatic carbocycles. The highest BCUT2D eigenvalue weighted by molar-refractivity contribution is 4.87. The quantitative estimate of drug-likeness (QED) is 0.840. The monoisotopic (exact) mass is 255 g/mol. The molecule has 2 rings (SSSR count). The zero-order chi connectivity index (χ0) is 13.2. The summed E-state index contributed by atoms with van der Waals surface area (Å²) in [5, 5.41) is 10.2. The standard InChI is InChI=1S/C15H29NO2/c1-15(2)7-6-14(17)12(9-15)10-16-8-4-5-13(11-16)18-3/h12-14,17H,4-11H2,1-3H3. The Kier molecular flexibility index (Phi) is 4.68. The van der Waals surface area contributed by atoms with E-state index in [0.29, 0.717) is 17.4 Å². The fraction of sp³-hybridized carbons (Fsp3) is 1.00. The first-order valence-electron chi connectivity index (χ1n) is 7.43. The van der Waals surface area contributed by atoms with Crippen LogP contribution in [-0.2, 0) is 4.74 Å². The number of hydrogen-bond acceptors (Lipinski definition) is 3. The van der Waals surface area contributed by atoms with Crippen LogP contribution in [0.5, 0.6) is 0 Å². The molecule has 18 heavy (non-hydrogen) atoms. The molecular weight excluding hydrogens is 226 g/mol. The topological polar surface area (TPSA) is 32.7 Å². The Morgan fingerprint density at radius 2 is 2.11 bits per heavy atom. The Morgan fingerprint density at radius 3 is 2.83 bits per heavy atom. The second-order valence-corrected chi connectivity index (χ2v) is 6.99. The molecule has 0 aromatic heterocycles. The Balaban J connectivity index is 1.87. The first-order valence-corrected chi connectivity index (χ1v) is 7.43. The minimum Gasteiger partial charge on any atom is -0.393 e. The highest BCUT2D eigenvalue weighted by atomic mass is 16.5. The van der Waals surface area contributed by atoms with Crippen LogP contribution >= 0.6 is 0 Å². The largest absolute Gasteiger partial charge is 0.393 e. The molecule has 0 spiro atoms. The van der Waals surface area contributed by atoms with E-state index >= 15 is 0 Å². The van der Waals surface area contributed by atoms with Gasteiger partial charge in [0.2, 0.25) is 0 Å². The third-order valence-corrected chi connectivity index (χ3v) is 4.76. The summed E-state index contributed by atoms with van der Waals surface area (Å²) in [7, 11) is 1.81. The lowest BCUT2D eigenvalue weighted by molar-refractivity contribution is -0.0192. The van der Waals surface area contributed by atoms with Gasteiger partial charge in [0, 0.05) is 20.2 Å². The predicted octanol–water partition coefficient (Wildman–Crippen LogP) is 2.28. The van der Waals surface area contributed by atoms with E-state index in [1.54, 1.807) is 0 Å². The maximum absolute atomic E-state index is 10.2. The van der Waals surface area contributed by atoms with E-state index in [1.807, 2.05) is 7.11 Å². The molecule has 1 heterocycles. The summed E-state index contributed by atoms with van der Waals surface area (Å²) in [6.07, 6.45) is 6.00. The summed E-state index contributed by atoms with van der Waals surface area (Å²) in [6.45, 7) is 7.92. The zero-order valence-corrected chi connectivity index (χ0v) is 12.2. The van der Waals surface area contributed by atoms with Crippen molar-refractivity contribution in [2.75, 3.05) is 26.7 Å². The molecule has 2 fully saturated rings. The lowest BCUT2D eigenvalue weighted by Gasteiger charge is -2.42. The van der Waals surface area contributed by atoms with Gasteiger partial charge in [0.1, 0.15) is 0 Å². The van der Waals surface area contributed by atoms with Crippen molar-refractivity contribution >= 4 is 0 Å². The lowest BCUT2D eigenvalue weighted by Crippen LogP contribution is -2.46. The number of aliphatic hydroxyl groups is 1. The van der Waals surface area contributed by atoms with Crippen molar-refractivity contribution in [1.29, 1.82) is 0 Å². The summed E-state index contributed by atoms with van der Waals surface area (Å²) in [4.78, 5) is 2.49. The summed E-state index contributed by atoms with van der Waals surface area (Å²) >= 11 is 0. The molecule has 106 valence electrons. The van der Waals surface area contributed by atoms with Crippen molar-refractivity contribution in [3.63, 3.8) is 0 Å². The minimum absolute atomic E-state index is 0.0963. The summed E-state index contributed by atoms with van der Waals surface area (Å²) in [5.74, 6) is 0.448. The van der Waals surface area contributed by atoms with Crippen molar-refractivity contribution in [1.82, 2.24) is 4.90 Å². The molecule has 2 aliphatic rings. The van der Waals surface area contributed by atoms with Crippen LogP contribution in [0.4, 0.5) is 0 Å². The Hall–Kier alpha value is -0.120. The minimum atomic E-state index is -0.0963. The molecule has 0 aromatic carbocycles. The first-order chi connectivity index (χ1) is 8.50. The van der Waals surface area contributed by atoms with E-state index < -0.39 is 0 Å². The molecule has 0 bridgehead atoms. The molecule has 1 aliphatic heterocycles. The van der Waals surface area contributed by atoms with Gasteiger partial charge in [-0.15, -0.1) is 0 Å². The Bertz CT molecular complexity index is 267. The van der Waals surface area contributed by atoms with E-state index in [4.69, 9.17) is 4.74 Å². The molecule has 1 saturated carbocycles. The van der Waals surface area contributed by atoms with Crippen LogP contribution in [0.15, 0.2) is 0 Å². The number of rotatable bonds is 3. The number of piperidine rings is 1. The fourth-order valence-corrected chi connectivity index (χ4v) is 3.61. The van der Waals surface area contributed by atoms with Gasteiger partial charge in [-0.2, -0.15) is 0 Å². The van der Waals surface area contributed by atoms with Crippen molar-refractivity contribution in [3.8, 4) is 0 Å².